The Labute approximate surface area is 126 Å². The largest absolute Gasteiger partial charge is 0.508 e. The number of rotatable bonds is 11. The summed E-state index contributed by atoms with van der Waals surface area (Å²) in [6, 6.07) is 4.64. The summed E-state index contributed by atoms with van der Waals surface area (Å²) in [5, 5.41) is 27.5. The minimum absolute atomic E-state index is 0.198. The van der Waals surface area contributed by atoms with Gasteiger partial charge in [-0.3, -0.25) is 4.79 Å². The third kappa shape index (κ3) is 8.23. The van der Waals surface area contributed by atoms with Gasteiger partial charge in [0, 0.05) is 6.42 Å². The average molecular weight is 294 g/mol. The third-order valence-corrected chi connectivity index (χ3v) is 3.65. The number of phenols is 2. The highest BCUT2D eigenvalue weighted by Gasteiger charge is 2.02. The maximum Gasteiger partial charge on any atom is 0.303 e. The number of carboxylic acids is 1. The van der Waals surface area contributed by atoms with Crippen molar-refractivity contribution in [3.63, 3.8) is 0 Å². The lowest BCUT2D eigenvalue weighted by atomic mass is 10.0. The van der Waals surface area contributed by atoms with Crippen LogP contribution in [0.5, 0.6) is 11.5 Å². The molecule has 0 heterocycles. The van der Waals surface area contributed by atoms with Crippen molar-refractivity contribution >= 4 is 5.97 Å². The van der Waals surface area contributed by atoms with Crippen LogP contribution in [0.25, 0.3) is 0 Å². The standard InChI is InChI=1S/C17H26O4/c18-15-11-12-16(19)14(13-15)9-7-5-3-1-2-4-6-8-10-17(20)21/h11-13,18-19H,1-10H2,(H,20,21). The highest BCUT2D eigenvalue weighted by Crippen LogP contribution is 2.24. The number of carboxylic acid groups (broad SMARTS) is 1. The summed E-state index contributed by atoms with van der Waals surface area (Å²) in [6.07, 6.45) is 9.61. The zero-order valence-corrected chi connectivity index (χ0v) is 12.6. The van der Waals surface area contributed by atoms with Crippen molar-refractivity contribution in [2.75, 3.05) is 0 Å². The van der Waals surface area contributed by atoms with E-state index in [4.69, 9.17) is 5.11 Å². The molecule has 0 unspecified atom stereocenters. The number of aliphatic carboxylic acids is 1. The Morgan fingerprint density at radius 1 is 0.857 bits per heavy atom. The van der Waals surface area contributed by atoms with E-state index in [1.165, 1.54) is 25.0 Å². The molecule has 0 aliphatic carbocycles. The number of hydrogen-bond donors (Lipinski definition) is 3. The van der Waals surface area contributed by atoms with Crippen LogP contribution in [0.2, 0.25) is 0 Å². The van der Waals surface area contributed by atoms with Crippen molar-refractivity contribution in [2.24, 2.45) is 0 Å². The van der Waals surface area contributed by atoms with Gasteiger partial charge in [0.1, 0.15) is 11.5 Å². The first-order chi connectivity index (χ1) is 10.1. The van der Waals surface area contributed by atoms with E-state index in [2.05, 4.69) is 0 Å². The van der Waals surface area contributed by atoms with E-state index in [-0.39, 0.29) is 17.9 Å². The molecule has 1 aromatic carbocycles. The van der Waals surface area contributed by atoms with Gasteiger partial charge >= 0.3 is 5.97 Å². The van der Waals surface area contributed by atoms with Gasteiger partial charge in [0.05, 0.1) is 0 Å². The molecule has 21 heavy (non-hydrogen) atoms. The van der Waals surface area contributed by atoms with Gasteiger partial charge in [-0.05, 0) is 43.0 Å². The smallest absolute Gasteiger partial charge is 0.303 e. The minimum Gasteiger partial charge on any atom is -0.508 e. The molecule has 0 bridgehead atoms. The SMILES string of the molecule is O=C(O)CCCCCCCCCCc1cc(O)ccc1O. The second-order valence-corrected chi connectivity index (χ2v) is 5.54. The molecule has 0 radical (unpaired) electrons. The van der Waals surface area contributed by atoms with E-state index < -0.39 is 5.97 Å². The molecule has 0 saturated carbocycles. The molecule has 3 N–H and O–H groups in total. The number of hydrogen-bond acceptors (Lipinski definition) is 3. The number of carbonyl (C=O) groups is 1. The molecule has 0 saturated heterocycles. The van der Waals surface area contributed by atoms with E-state index in [1.807, 2.05) is 0 Å². The first kappa shape index (κ1) is 17.3. The van der Waals surface area contributed by atoms with Crippen LogP contribution in [-0.4, -0.2) is 21.3 Å². The molecule has 118 valence electrons. The summed E-state index contributed by atoms with van der Waals surface area (Å²) >= 11 is 0. The highest BCUT2D eigenvalue weighted by atomic mass is 16.4. The van der Waals surface area contributed by atoms with Crippen molar-refractivity contribution in [3.05, 3.63) is 23.8 Å². The monoisotopic (exact) mass is 294 g/mol. The first-order valence-corrected chi connectivity index (χ1v) is 7.82. The van der Waals surface area contributed by atoms with Gasteiger partial charge in [0.15, 0.2) is 0 Å². The maximum absolute atomic E-state index is 10.3. The van der Waals surface area contributed by atoms with Crippen molar-refractivity contribution in [3.8, 4) is 11.5 Å². The molecule has 4 heteroatoms. The summed E-state index contributed by atoms with van der Waals surface area (Å²) in [4.78, 5) is 10.3. The van der Waals surface area contributed by atoms with E-state index in [9.17, 15) is 15.0 Å². The second kappa shape index (κ2) is 10.1. The minimum atomic E-state index is -0.704. The third-order valence-electron chi connectivity index (χ3n) is 3.65. The van der Waals surface area contributed by atoms with E-state index in [1.54, 1.807) is 6.07 Å². The predicted molar refractivity (Wildman–Crippen MR) is 82.7 cm³/mol. The van der Waals surface area contributed by atoms with Gasteiger partial charge in [-0.25, -0.2) is 0 Å². The van der Waals surface area contributed by atoms with Crippen LogP contribution in [-0.2, 0) is 11.2 Å². The van der Waals surface area contributed by atoms with Crippen LogP contribution < -0.4 is 0 Å². The quantitative estimate of drug-likeness (QED) is 0.421. The maximum atomic E-state index is 10.3. The Morgan fingerprint density at radius 2 is 1.43 bits per heavy atom. The Morgan fingerprint density at radius 3 is 2.05 bits per heavy atom. The van der Waals surface area contributed by atoms with Crippen LogP contribution in [0.4, 0.5) is 0 Å². The van der Waals surface area contributed by atoms with E-state index in [0.717, 1.165) is 50.5 Å². The normalized spacial score (nSPS) is 10.7. The molecule has 0 aliphatic rings. The van der Waals surface area contributed by atoms with Gasteiger partial charge in [-0.1, -0.05) is 38.5 Å². The lowest BCUT2D eigenvalue weighted by molar-refractivity contribution is -0.137. The summed E-state index contributed by atoms with van der Waals surface area (Å²) in [5.41, 5.74) is 0.809. The van der Waals surface area contributed by atoms with E-state index in [0.29, 0.717) is 0 Å². The fraction of sp³-hybridized carbons (Fsp3) is 0.588. The molecule has 0 amide bonds. The Kier molecular flexibility index (Phi) is 8.32. The zero-order valence-electron chi connectivity index (χ0n) is 12.6. The Hall–Kier alpha value is -1.71. The molecule has 0 aliphatic heterocycles. The molecule has 0 fully saturated rings. The molecule has 1 aromatic rings. The fourth-order valence-corrected chi connectivity index (χ4v) is 2.42. The molecule has 0 aromatic heterocycles. The van der Waals surface area contributed by atoms with Crippen LogP contribution in [0.3, 0.4) is 0 Å². The van der Waals surface area contributed by atoms with Crippen LogP contribution >= 0.6 is 0 Å². The van der Waals surface area contributed by atoms with Crippen molar-refractivity contribution in [2.45, 2.75) is 64.2 Å². The summed E-state index contributed by atoms with van der Waals surface area (Å²) in [6.45, 7) is 0. The Balaban J connectivity index is 1.97. The number of phenolic OH excluding ortho intramolecular Hbond substituents is 2. The van der Waals surface area contributed by atoms with Crippen molar-refractivity contribution < 1.29 is 20.1 Å². The summed E-state index contributed by atoms with van der Waals surface area (Å²) < 4.78 is 0. The molecular weight excluding hydrogens is 268 g/mol. The van der Waals surface area contributed by atoms with Gasteiger partial charge in [0.2, 0.25) is 0 Å². The highest BCUT2D eigenvalue weighted by molar-refractivity contribution is 5.66. The van der Waals surface area contributed by atoms with Crippen molar-refractivity contribution in [1.82, 2.24) is 0 Å². The fourth-order valence-electron chi connectivity index (χ4n) is 2.42. The molecule has 4 nitrogen and oxygen atoms in total. The molecule has 1 rings (SSSR count). The first-order valence-electron chi connectivity index (χ1n) is 7.82. The molecular formula is C17H26O4. The molecule has 0 spiro atoms. The number of benzene rings is 1. The number of aryl methyl sites for hydroxylation is 1. The van der Waals surface area contributed by atoms with Gasteiger partial charge in [0.25, 0.3) is 0 Å². The molecule has 0 atom stereocenters. The van der Waals surface area contributed by atoms with Crippen LogP contribution in [0.1, 0.15) is 63.4 Å². The topological polar surface area (TPSA) is 77.8 Å². The van der Waals surface area contributed by atoms with Gasteiger partial charge < -0.3 is 15.3 Å². The zero-order chi connectivity index (χ0) is 15.5. The average Bonchev–Trinajstić information content (AvgIpc) is 2.44. The predicted octanol–water partition coefficient (Wildman–Crippen LogP) is 4.24. The second-order valence-electron chi connectivity index (χ2n) is 5.54. The van der Waals surface area contributed by atoms with Gasteiger partial charge in [-0.15, -0.1) is 0 Å². The van der Waals surface area contributed by atoms with Gasteiger partial charge in [-0.2, -0.15) is 0 Å². The summed E-state index contributed by atoms with van der Waals surface area (Å²) in [7, 11) is 0. The van der Waals surface area contributed by atoms with Crippen molar-refractivity contribution in [1.29, 1.82) is 0 Å². The van der Waals surface area contributed by atoms with Crippen LogP contribution in [0.15, 0.2) is 18.2 Å². The lowest BCUT2D eigenvalue weighted by Crippen LogP contribution is -1.93. The lowest BCUT2D eigenvalue weighted by Gasteiger charge is -2.05. The number of aromatic hydroxyl groups is 2. The van der Waals surface area contributed by atoms with E-state index >= 15 is 0 Å². The number of unbranched alkanes of at least 4 members (excludes halogenated alkanes) is 7. The Bertz CT molecular complexity index is 429. The van der Waals surface area contributed by atoms with Crippen LogP contribution in [0, 0.1) is 0 Å². The summed E-state index contributed by atoms with van der Waals surface area (Å²) in [5.74, 6) is -0.249.